The minimum Gasteiger partial charge on any atom is -0.309 e. The van der Waals surface area contributed by atoms with Crippen molar-refractivity contribution in [3.63, 3.8) is 0 Å². The Morgan fingerprint density at radius 2 is 2.33 bits per heavy atom. The van der Waals surface area contributed by atoms with Crippen LogP contribution in [0.1, 0.15) is 0 Å². The van der Waals surface area contributed by atoms with E-state index in [1.807, 2.05) is 14.1 Å². The molecule has 1 rings (SSSR count). The lowest BCUT2D eigenvalue weighted by Crippen LogP contribution is -2.16. The first-order chi connectivity index (χ1) is 5.70. The van der Waals surface area contributed by atoms with Gasteiger partial charge in [-0.1, -0.05) is 0 Å². The van der Waals surface area contributed by atoms with Gasteiger partial charge >= 0.3 is 0 Å². The molecular weight excluding hydrogens is 174 g/mol. The first kappa shape index (κ1) is 9.47. The maximum atomic E-state index is 4.02. The molecule has 0 amide bonds. The molecule has 0 saturated heterocycles. The molecule has 1 aromatic heterocycles. The molecule has 0 aliphatic heterocycles. The number of thiol groups is 1. The van der Waals surface area contributed by atoms with Gasteiger partial charge in [-0.15, -0.1) is 5.10 Å². The number of hydrogen-bond donors (Lipinski definition) is 2. The van der Waals surface area contributed by atoms with Gasteiger partial charge in [-0.25, -0.2) is 5.10 Å². The minimum absolute atomic E-state index is 0.454. The van der Waals surface area contributed by atoms with Gasteiger partial charge in [0.15, 0.2) is 5.16 Å². The molecule has 1 radical (unpaired) electrons. The second-order valence-electron chi connectivity index (χ2n) is 2.79. The number of nitrogens with one attached hydrogen (secondary N) is 1. The summed E-state index contributed by atoms with van der Waals surface area (Å²) < 4.78 is 0. The molecule has 0 bridgehead atoms. The third kappa shape index (κ3) is 2.78. The molecule has 1 aromatic rings. The lowest BCUT2D eigenvalue weighted by Gasteiger charge is -2.14. The summed E-state index contributed by atoms with van der Waals surface area (Å²) in [6, 6.07) is 0. The third-order valence-electron chi connectivity index (χ3n) is 1.45. The predicted octanol–water partition coefficient (Wildman–Crippen LogP) is -0.0870. The SMILES string of the molecule is [CH2][SH](CCN(C)C)c1nnn[nH]1. The summed E-state index contributed by atoms with van der Waals surface area (Å²) in [4.78, 5) is 2.13. The summed E-state index contributed by atoms with van der Waals surface area (Å²) >= 11 is 0. The van der Waals surface area contributed by atoms with Gasteiger partial charge in [0.25, 0.3) is 0 Å². The van der Waals surface area contributed by atoms with Gasteiger partial charge in [0.2, 0.25) is 0 Å². The van der Waals surface area contributed by atoms with Crippen LogP contribution in [-0.2, 0) is 0 Å². The van der Waals surface area contributed by atoms with Crippen LogP contribution in [0.25, 0.3) is 0 Å². The average molecular weight is 188 g/mol. The van der Waals surface area contributed by atoms with Crippen LogP contribution < -0.4 is 0 Å². The van der Waals surface area contributed by atoms with Gasteiger partial charge in [-0.05, 0) is 36.5 Å². The van der Waals surface area contributed by atoms with Crippen LogP contribution in [0.4, 0.5) is 0 Å². The monoisotopic (exact) mass is 188 g/mol. The van der Waals surface area contributed by atoms with Gasteiger partial charge in [-0.2, -0.15) is 10.9 Å². The summed E-state index contributed by atoms with van der Waals surface area (Å²) in [5.41, 5.74) is 0. The van der Waals surface area contributed by atoms with Crippen molar-refractivity contribution in [2.24, 2.45) is 0 Å². The number of hydrogen-bond acceptors (Lipinski definition) is 4. The van der Waals surface area contributed by atoms with Gasteiger partial charge < -0.3 is 4.90 Å². The van der Waals surface area contributed by atoms with Crippen molar-refractivity contribution >= 4 is 10.9 Å². The molecule has 5 nitrogen and oxygen atoms in total. The summed E-state index contributed by atoms with van der Waals surface area (Å²) in [6.45, 7) is 1.02. The number of H-pyrrole nitrogens is 1. The molecule has 0 aromatic carbocycles. The Hall–Kier alpha value is -0.620. The molecule has 1 unspecified atom stereocenters. The molecule has 12 heavy (non-hydrogen) atoms. The van der Waals surface area contributed by atoms with Crippen molar-refractivity contribution in [3.05, 3.63) is 6.26 Å². The fraction of sp³-hybridized carbons (Fsp3) is 0.667. The van der Waals surface area contributed by atoms with E-state index in [0.29, 0.717) is 0 Å². The number of aromatic nitrogens is 4. The van der Waals surface area contributed by atoms with Crippen molar-refractivity contribution in [2.45, 2.75) is 5.16 Å². The lowest BCUT2D eigenvalue weighted by molar-refractivity contribution is 0.437. The van der Waals surface area contributed by atoms with Crippen LogP contribution in [0, 0.1) is 6.26 Å². The third-order valence-corrected chi connectivity index (χ3v) is 2.98. The Labute approximate surface area is 74.9 Å². The fourth-order valence-electron chi connectivity index (χ4n) is 0.715. The van der Waals surface area contributed by atoms with E-state index in [1.165, 1.54) is 0 Å². The van der Waals surface area contributed by atoms with Crippen LogP contribution in [-0.4, -0.2) is 51.9 Å². The van der Waals surface area contributed by atoms with E-state index in [1.54, 1.807) is 0 Å². The van der Waals surface area contributed by atoms with Crippen molar-refractivity contribution in [2.75, 3.05) is 26.4 Å². The highest BCUT2D eigenvalue weighted by molar-refractivity contribution is 8.18. The molecule has 1 N–H and O–H groups in total. The van der Waals surface area contributed by atoms with Crippen molar-refractivity contribution in [1.29, 1.82) is 0 Å². The topological polar surface area (TPSA) is 57.7 Å². The van der Waals surface area contributed by atoms with Crippen molar-refractivity contribution < 1.29 is 0 Å². The molecule has 1 heterocycles. The average Bonchev–Trinajstić information content (AvgIpc) is 2.51. The van der Waals surface area contributed by atoms with Crippen LogP contribution in [0.15, 0.2) is 5.16 Å². The Morgan fingerprint density at radius 1 is 1.58 bits per heavy atom. The van der Waals surface area contributed by atoms with Gasteiger partial charge in [0, 0.05) is 6.54 Å². The molecule has 6 heteroatoms. The molecule has 1 atom stereocenters. The zero-order chi connectivity index (χ0) is 8.97. The molecule has 0 aliphatic rings. The van der Waals surface area contributed by atoms with E-state index in [9.17, 15) is 0 Å². The normalized spacial score (nSPS) is 15.2. The van der Waals surface area contributed by atoms with Crippen molar-refractivity contribution in [3.8, 4) is 0 Å². The minimum atomic E-state index is -0.454. The van der Waals surface area contributed by atoms with E-state index in [-0.39, 0.29) is 0 Å². The Kier molecular flexibility index (Phi) is 3.48. The van der Waals surface area contributed by atoms with E-state index in [0.717, 1.165) is 17.5 Å². The van der Waals surface area contributed by atoms with Crippen LogP contribution in [0.2, 0.25) is 0 Å². The number of rotatable bonds is 4. The highest BCUT2D eigenvalue weighted by Crippen LogP contribution is 2.28. The smallest absolute Gasteiger partial charge is 0.186 e. The van der Waals surface area contributed by atoms with Gasteiger partial charge in [0.05, 0.1) is 0 Å². The standard InChI is InChI=1S/C6H14N5S/c1-11(2)4-5-12(3)6-7-9-10-8-6/h12H,3-5H2,1-2H3,(H,7,8,9,10). The molecule has 0 aliphatic carbocycles. The second-order valence-corrected chi connectivity index (χ2v) is 4.74. The van der Waals surface area contributed by atoms with Gasteiger partial charge in [0.1, 0.15) is 0 Å². The largest absolute Gasteiger partial charge is 0.309 e. The van der Waals surface area contributed by atoms with E-state index < -0.39 is 10.9 Å². The molecular formula is C6H14N5S. The fourth-order valence-corrected chi connectivity index (χ4v) is 1.92. The summed E-state index contributed by atoms with van der Waals surface area (Å²) in [5.74, 6) is 1.03. The van der Waals surface area contributed by atoms with E-state index >= 15 is 0 Å². The Morgan fingerprint density at radius 3 is 2.83 bits per heavy atom. The number of tetrazole rings is 1. The van der Waals surface area contributed by atoms with E-state index in [2.05, 4.69) is 31.8 Å². The zero-order valence-corrected chi connectivity index (χ0v) is 8.25. The maximum absolute atomic E-state index is 4.02. The van der Waals surface area contributed by atoms with Crippen LogP contribution >= 0.6 is 10.9 Å². The first-order valence-corrected chi connectivity index (χ1v) is 5.38. The van der Waals surface area contributed by atoms with E-state index in [4.69, 9.17) is 0 Å². The lowest BCUT2D eigenvalue weighted by atomic mass is 10.7. The summed E-state index contributed by atoms with van der Waals surface area (Å²) in [6.07, 6.45) is 4.02. The first-order valence-electron chi connectivity index (χ1n) is 3.66. The molecule has 0 spiro atoms. The molecule has 0 saturated carbocycles. The number of aromatic amines is 1. The molecule has 0 fully saturated rings. The van der Waals surface area contributed by atoms with Crippen molar-refractivity contribution in [1.82, 2.24) is 25.5 Å². The highest BCUT2D eigenvalue weighted by Gasteiger charge is 2.04. The summed E-state index contributed by atoms with van der Waals surface area (Å²) in [7, 11) is 3.63. The maximum Gasteiger partial charge on any atom is 0.186 e. The van der Waals surface area contributed by atoms with Crippen LogP contribution in [0.3, 0.4) is 0 Å². The highest BCUT2D eigenvalue weighted by atomic mass is 32.2. The molecule has 69 valence electrons. The Balaban J connectivity index is 2.34. The second kappa shape index (κ2) is 4.42. The van der Waals surface area contributed by atoms with Crippen LogP contribution in [0.5, 0.6) is 0 Å². The summed E-state index contributed by atoms with van der Waals surface area (Å²) in [5, 5.41) is 14.4. The Bertz CT molecular complexity index is 210. The van der Waals surface area contributed by atoms with Gasteiger partial charge in [-0.3, -0.25) is 0 Å². The number of nitrogens with zero attached hydrogens (tertiary/aromatic N) is 4. The predicted molar refractivity (Wildman–Crippen MR) is 50.2 cm³/mol. The quantitative estimate of drug-likeness (QED) is 0.649. The zero-order valence-electron chi connectivity index (χ0n) is 7.36.